The molecule has 0 aliphatic heterocycles. The zero-order valence-corrected chi connectivity index (χ0v) is 34.9. The molecule has 3 aromatic carbocycles. The van der Waals surface area contributed by atoms with Crippen molar-refractivity contribution >= 4 is 47.4 Å². The first kappa shape index (κ1) is 47.1. The summed E-state index contributed by atoms with van der Waals surface area (Å²) in [6.07, 6.45) is 0.669. The third-order valence-corrected chi connectivity index (χ3v) is 10.0. The van der Waals surface area contributed by atoms with Crippen LogP contribution >= 0.6 is 23.7 Å². The van der Waals surface area contributed by atoms with Gasteiger partial charge in [-0.15, -0.1) is 28.4 Å². The molecular formula is C40H43Cl2F2N7O6S. The van der Waals surface area contributed by atoms with Crippen LogP contribution in [0.25, 0.3) is 11.3 Å². The van der Waals surface area contributed by atoms with E-state index in [1.54, 1.807) is 88.7 Å². The molecule has 2 aromatic heterocycles. The third kappa shape index (κ3) is 10.8. The van der Waals surface area contributed by atoms with Gasteiger partial charge in [0.1, 0.15) is 30.4 Å². The molecule has 13 nitrogen and oxygen atoms in total. The fourth-order valence-corrected chi connectivity index (χ4v) is 6.74. The van der Waals surface area contributed by atoms with Gasteiger partial charge in [-0.2, -0.15) is 9.83 Å². The third-order valence-electron chi connectivity index (χ3n) is 8.98. The van der Waals surface area contributed by atoms with Crippen molar-refractivity contribution in [1.29, 1.82) is 5.26 Å². The minimum atomic E-state index is -2.09. The van der Waals surface area contributed by atoms with E-state index in [1.165, 1.54) is 40.2 Å². The number of amides is 2. The fraction of sp³-hybridized carbons (Fsp3) is 0.325. The second kappa shape index (κ2) is 19.9. The van der Waals surface area contributed by atoms with Crippen LogP contribution in [0, 0.1) is 28.4 Å². The highest BCUT2D eigenvalue weighted by Crippen LogP contribution is 2.41. The molecule has 3 unspecified atom stereocenters. The van der Waals surface area contributed by atoms with Gasteiger partial charge in [0.25, 0.3) is 6.33 Å². The maximum absolute atomic E-state index is 15.5. The number of halogens is 4. The number of rotatable bonds is 13. The van der Waals surface area contributed by atoms with Crippen molar-refractivity contribution in [2.75, 3.05) is 18.5 Å². The molecule has 2 heterocycles. The highest BCUT2D eigenvalue weighted by atomic mass is 35.5. The number of hydrogen-bond acceptors (Lipinski definition) is 11. The first-order valence-corrected chi connectivity index (χ1v) is 18.4. The Morgan fingerprint density at radius 1 is 1.09 bits per heavy atom. The minimum absolute atomic E-state index is 0. The van der Waals surface area contributed by atoms with Gasteiger partial charge in [0.15, 0.2) is 0 Å². The number of carbonyl (C=O) groups excluding carboxylic acids is 3. The van der Waals surface area contributed by atoms with Crippen LogP contribution in [0.3, 0.4) is 0 Å². The zero-order valence-electron chi connectivity index (χ0n) is 32.5. The summed E-state index contributed by atoms with van der Waals surface area (Å²) in [5, 5.41) is 30.8. The number of para-hydroxylation sites is 1. The van der Waals surface area contributed by atoms with Gasteiger partial charge in [0, 0.05) is 45.4 Å². The Morgan fingerprint density at radius 2 is 1.78 bits per heavy atom. The highest BCUT2D eigenvalue weighted by Gasteiger charge is 2.44. The maximum Gasteiger partial charge on any atom is 0.424 e. The number of hydrogen-bond donors (Lipinski definition) is 2. The number of benzene rings is 3. The van der Waals surface area contributed by atoms with Crippen LogP contribution in [0.15, 0.2) is 84.8 Å². The van der Waals surface area contributed by atoms with E-state index in [0.717, 1.165) is 28.7 Å². The van der Waals surface area contributed by atoms with E-state index < -0.39 is 52.8 Å². The largest absolute Gasteiger partial charge is 1.00 e. The highest BCUT2D eigenvalue weighted by molar-refractivity contribution is 7.10. The van der Waals surface area contributed by atoms with Gasteiger partial charge in [0.2, 0.25) is 18.5 Å². The number of anilines is 1. The standard InChI is InChI=1S/C40H42F2N7O6S.2ClH/c1-25(36-46-33(21-56-36)28-13-11-27(18-43)12-14-28)40(53,31-17-30(41)15-16-32(31)42)22-48-24-47(23-45-48)26(2)55-38(52)49(37(51)39(3,4)5)34-10-8-7-9-29(34)20-54-35(50)19-44-6;;/h7-17,21,23-26,44,53H,19-20,22H2,1-6H3;2*1H/q+1;;/p-1. The predicted molar refractivity (Wildman–Crippen MR) is 209 cm³/mol. The van der Waals surface area contributed by atoms with Crippen LogP contribution in [0.2, 0.25) is 0 Å². The number of aliphatic hydroxyl groups is 1. The quantitative estimate of drug-likeness (QED) is 0.132. The molecular weight excluding hydrogens is 815 g/mol. The summed E-state index contributed by atoms with van der Waals surface area (Å²) in [5.74, 6) is -3.59. The first-order chi connectivity index (χ1) is 26.5. The molecule has 0 saturated heterocycles. The SMILES string of the molecule is CNCC(=O)OCc1ccccc1N(C(=O)OC(C)[n+]1cnn(CC(O)(c2cc(F)ccc2F)C(C)c2nc(-c3ccc(C#N)cc3)cs2)c1)C(=O)C(C)(C)C.Cl.[Cl-]. The van der Waals surface area contributed by atoms with Crippen molar-refractivity contribution in [3.8, 4) is 17.3 Å². The molecule has 0 saturated carbocycles. The Balaban J connectivity index is 0.00000450. The molecule has 0 bridgehead atoms. The molecule has 3 atom stereocenters. The van der Waals surface area contributed by atoms with E-state index in [0.29, 0.717) is 21.8 Å². The van der Waals surface area contributed by atoms with Crippen molar-refractivity contribution in [2.45, 2.75) is 65.5 Å². The molecule has 308 valence electrons. The second-order valence-corrected chi connectivity index (χ2v) is 15.0. The Hall–Kier alpha value is -5.31. The first-order valence-electron chi connectivity index (χ1n) is 17.6. The summed E-state index contributed by atoms with van der Waals surface area (Å²) in [6, 6.07) is 18.2. The van der Waals surface area contributed by atoms with E-state index in [9.17, 15) is 23.9 Å². The number of carbonyl (C=O) groups is 3. The van der Waals surface area contributed by atoms with Crippen molar-refractivity contribution in [3.05, 3.63) is 118 Å². The normalized spacial score (nSPS) is 13.1. The molecule has 58 heavy (non-hydrogen) atoms. The van der Waals surface area contributed by atoms with Gasteiger partial charge in [-0.1, -0.05) is 58.0 Å². The molecule has 5 aromatic rings. The van der Waals surface area contributed by atoms with E-state index in [1.807, 2.05) is 0 Å². The summed E-state index contributed by atoms with van der Waals surface area (Å²) >= 11 is 1.23. The molecule has 0 radical (unpaired) electrons. The van der Waals surface area contributed by atoms with Crippen molar-refractivity contribution in [2.24, 2.45) is 5.41 Å². The van der Waals surface area contributed by atoms with Crippen LogP contribution in [-0.4, -0.2) is 51.4 Å². The summed E-state index contributed by atoms with van der Waals surface area (Å²) in [5.41, 5.74) is -1.08. The second-order valence-electron chi connectivity index (χ2n) is 14.1. The number of esters is 1. The van der Waals surface area contributed by atoms with Crippen molar-refractivity contribution in [1.82, 2.24) is 20.1 Å². The van der Waals surface area contributed by atoms with Gasteiger partial charge < -0.3 is 32.3 Å². The van der Waals surface area contributed by atoms with E-state index in [4.69, 9.17) is 19.7 Å². The maximum atomic E-state index is 15.5. The van der Waals surface area contributed by atoms with Crippen molar-refractivity contribution < 1.29 is 54.7 Å². The number of thiazole rings is 1. The number of likely N-dealkylation sites (N-methyl/N-ethyl adjacent to an activating group) is 1. The summed E-state index contributed by atoms with van der Waals surface area (Å²) in [6.45, 7) is 7.52. The predicted octanol–water partition coefficient (Wildman–Crippen LogP) is 3.56. The lowest BCUT2D eigenvalue weighted by Crippen LogP contribution is -3.00. The minimum Gasteiger partial charge on any atom is -1.00 e. The van der Waals surface area contributed by atoms with Crippen molar-refractivity contribution in [3.63, 3.8) is 0 Å². The molecule has 0 aliphatic rings. The van der Waals surface area contributed by atoms with Gasteiger partial charge in [-0.3, -0.25) is 9.59 Å². The van der Waals surface area contributed by atoms with Crippen LogP contribution in [0.4, 0.5) is 19.3 Å². The molecule has 0 spiro atoms. The Kier molecular flexibility index (Phi) is 16.2. The average molecular weight is 859 g/mol. The Labute approximate surface area is 351 Å². The van der Waals surface area contributed by atoms with Crippen LogP contribution in [0.1, 0.15) is 68.5 Å². The molecule has 2 N–H and O–H groups in total. The topological polar surface area (TPSA) is 164 Å². The van der Waals surface area contributed by atoms with Gasteiger partial charge in [-0.05, 0) is 43.4 Å². The summed E-state index contributed by atoms with van der Waals surface area (Å²) in [7, 11) is 1.60. The number of nitrogens with zero attached hydrogens (tertiary/aromatic N) is 6. The monoisotopic (exact) mass is 857 g/mol. The molecule has 18 heteroatoms. The van der Waals surface area contributed by atoms with Gasteiger partial charge in [0.05, 0.1) is 34.6 Å². The number of imide groups is 1. The van der Waals surface area contributed by atoms with Crippen LogP contribution in [-0.2, 0) is 37.8 Å². The lowest BCUT2D eigenvalue weighted by molar-refractivity contribution is -0.753. The fourth-order valence-electron chi connectivity index (χ4n) is 5.77. The van der Waals surface area contributed by atoms with Gasteiger partial charge in [-0.25, -0.2) is 23.5 Å². The Bertz CT molecular complexity index is 2260. The summed E-state index contributed by atoms with van der Waals surface area (Å²) in [4.78, 5) is 45.3. The van der Waals surface area contributed by atoms with E-state index in [2.05, 4.69) is 16.5 Å². The molecule has 2 amide bonds. The lowest BCUT2D eigenvalue weighted by atomic mass is 9.82. The zero-order chi connectivity index (χ0) is 40.8. The Morgan fingerprint density at radius 3 is 2.43 bits per heavy atom. The smallest absolute Gasteiger partial charge is 0.424 e. The van der Waals surface area contributed by atoms with E-state index >= 15 is 4.39 Å². The summed E-state index contributed by atoms with van der Waals surface area (Å²) < 4.78 is 43.9. The molecule has 0 aliphatic carbocycles. The molecule has 0 fully saturated rings. The number of nitriles is 1. The average Bonchev–Trinajstić information content (AvgIpc) is 3.85. The van der Waals surface area contributed by atoms with Gasteiger partial charge >= 0.3 is 12.1 Å². The van der Waals surface area contributed by atoms with Crippen LogP contribution in [0.5, 0.6) is 0 Å². The number of aromatic nitrogens is 4. The lowest BCUT2D eigenvalue weighted by Gasteiger charge is -2.32. The number of nitrogens with one attached hydrogen (secondary N) is 1. The number of ether oxygens (including phenoxy) is 2. The van der Waals surface area contributed by atoms with Crippen LogP contribution < -0.4 is 27.2 Å². The van der Waals surface area contributed by atoms with E-state index in [-0.39, 0.29) is 55.8 Å². The molecule has 5 rings (SSSR count).